The van der Waals surface area contributed by atoms with Gasteiger partial charge >= 0.3 is 0 Å². The molecule has 2 N–H and O–H groups in total. The summed E-state index contributed by atoms with van der Waals surface area (Å²) in [5, 5.41) is 0. The highest BCUT2D eigenvalue weighted by Crippen LogP contribution is 2.24. The van der Waals surface area contributed by atoms with E-state index >= 15 is 0 Å². The fourth-order valence-corrected chi connectivity index (χ4v) is 1.79. The summed E-state index contributed by atoms with van der Waals surface area (Å²) in [4.78, 5) is 4.34. The highest BCUT2D eigenvalue weighted by atomic mass is 14.7. The summed E-state index contributed by atoms with van der Waals surface area (Å²) in [6.45, 7) is 6.41. The van der Waals surface area contributed by atoms with Gasteiger partial charge in [-0.1, -0.05) is 19.9 Å². The van der Waals surface area contributed by atoms with Crippen molar-refractivity contribution in [2.24, 2.45) is 11.7 Å². The van der Waals surface area contributed by atoms with E-state index in [-0.39, 0.29) is 6.04 Å². The topological polar surface area (TPSA) is 38.9 Å². The van der Waals surface area contributed by atoms with Crippen molar-refractivity contribution in [3.8, 4) is 0 Å². The molecule has 1 aromatic heterocycles. The van der Waals surface area contributed by atoms with E-state index in [1.165, 1.54) is 0 Å². The van der Waals surface area contributed by atoms with Crippen LogP contribution < -0.4 is 5.73 Å². The Morgan fingerprint density at radius 3 is 2.31 bits per heavy atom. The molecular formula is C11H18N2. The van der Waals surface area contributed by atoms with Crippen molar-refractivity contribution in [3.05, 3.63) is 30.1 Å². The minimum absolute atomic E-state index is 0.162. The number of nitrogens with zero attached hydrogens (tertiary/aromatic N) is 1. The van der Waals surface area contributed by atoms with Gasteiger partial charge in [-0.3, -0.25) is 4.98 Å². The van der Waals surface area contributed by atoms with Crippen molar-refractivity contribution < 1.29 is 0 Å². The molecule has 0 aliphatic carbocycles. The number of hydrogen-bond donors (Lipinski definition) is 1. The maximum atomic E-state index is 5.93. The van der Waals surface area contributed by atoms with E-state index in [0.717, 1.165) is 5.69 Å². The molecular weight excluding hydrogens is 160 g/mol. The van der Waals surface area contributed by atoms with Gasteiger partial charge in [0, 0.05) is 23.9 Å². The van der Waals surface area contributed by atoms with E-state index in [2.05, 4.69) is 18.8 Å². The molecule has 2 unspecified atom stereocenters. The lowest BCUT2D eigenvalue weighted by Gasteiger charge is -2.23. The molecule has 0 fully saturated rings. The third-order valence-corrected chi connectivity index (χ3v) is 2.31. The van der Waals surface area contributed by atoms with Crippen molar-refractivity contribution >= 4 is 0 Å². The Labute approximate surface area is 80.2 Å². The van der Waals surface area contributed by atoms with E-state index in [0.29, 0.717) is 11.8 Å². The Kier molecular flexibility index (Phi) is 3.43. The third-order valence-electron chi connectivity index (χ3n) is 2.31. The summed E-state index contributed by atoms with van der Waals surface area (Å²) in [6.07, 6.45) is 1.83. The molecule has 0 aliphatic rings. The molecule has 0 spiro atoms. The Hall–Kier alpha value is -0.890. The largest absolute Gasteiger partial charge is 0.327 e. The molecule has 2 heteroatoms. The first-order valence-corrected chi connectivity index (χ1v) is 4.79. The second kappa shape index (κ2) is 4.38. The van der Waals surface area contributed by atoms with Crippen LogP contribution in [0, 0.1) is 5.92 Å². The number of aromatic nitrogens is 1. The van der Waals surface area contributed by atoms with Gasteiger partial charge in [-0.2, -0.15) is 0 Å². The van der Waals surface area contributed by atoms with Crippen molar-refractivity contribution in [3.63, 3.8) is 0 Å². The fourth-order valence-electron chi connectivity index (χ4n) is 1.79. The minimum Gasteiger partial charge on any atom is -0.327 e. The maximum absolute atomic E-state index is 5.93. The lowest BCUT2D eigenvalue weighted by Crippen LogP contribution is -2.29. The molecule has 1 heterocycles. The second-order valence-corrected chi connectivity index (χ2v) is 3.88. The van der Waals surface area contributed by atoms with Crippen LogP contribution in [0.2, 0.25) is 0 Å². The monoisotopic (exact) mass is 178 g/mol. The van der Waals surface area contributed by atoms with E-state index in [1.807, 2.05) is 31.3 Å². The number of nitrogens with two attached hydrogens (primary N) is 1. The first-order chi connectivity index (χ1) is 6.13. The van der Waals surface area contributed by atoms with Gasteiger partial charge in [0.05, 0.1) is 0 Å². The van der Waals surface area contributed by atoms with Crippen LogP contribution >= 0.6 is 0 Å². The summed E-state index contributed by atoms with van der Waals surface area (Å²) in [6, 6.07) is 6.16. The molecule has 13 heavy (non-hydrogen) atoms. The highest BCUT2D eigenvalue weighted by molar-refractivity contribution is 5.12. The van der Waals surface area contributed by atoms with Gasteiger partial charge in [0.2, 0.25) is 0 Å². The van der Waals surface area contributed by atoms with Gasteiger partial charge in [0.25, 0.3) is 0 Å². The summed E-state index contributed by atoms with van der Waals surface area (Å²) in [7, 11) is 0. The van der Waals surface area contributed by atoms with Gasteiger partial charge in [-0.05, 0) is 25.0 Å². The van der Waals surface area contributed by atoms with Gasteiger partial charge < -0.3 is 5.73 Å². The molecule has 0 saturated heterocycles. The Morgan fingerprint density at radius 2 is 1.92 bits per heavy atom. The van der Waals surface area contributed by atoms with E-state index in [9.17, 15) is 0 Å². The predicted molar refractivity (Wildman–Crippen MR) is 55.5 cm³/mol. The quantitative estimate of drug-likeness (QED) is 0.770. The van der Waals surface area contributed by atoms with Crippen LogP contribution in [0.4, 0.5) is 0 Å². The molecule has 72 valence electrons. The molecule has 0 saturated carbocycles. The number of hydrogen-bond acceptors (Lipinski definition) is 2. The third kappa shape index (κ3) is 2.52. The lowest BCUT2D eigenvalue weighted by molar-refractivity contribution is 0.427. The van der Waals surface area contributed by atoms with Gasteiger partial charge in [-0.25, -0.2) is 0 Å². The standard InChI is InChI=1S/C11H18N2/c1-8(2)11(9(3)12)10-6-4-5-7-13-10/h4-9,11H,12H2,1-3H3. The molecule has 1 aromatic rings. The Morgan fingerprint density at radius 1 is 1.23 bits per heavy atom. The summed E-state index contributed by atoms with van der Waals surface area (Å²) >= 11 is 0. The number of pyridine rings is 1. The zero-order valence-corrected chi connectivity index (χ0v) is 8.57. The van der Waals surface area contributed by atoms with Crippen molar-refractivity contribution in [1.29, 1.82) is 0 Å². The zero-order chi connectivity index (χ0) is 9.84. The minimum atomic E-state index is 0.162. The molecule has 1 rings (SSSR count). The van der Waals surface area contributed by atoms with Crippen LogP contribution in [-0.2, 0) is 0 Å². The molecule has 0 aromatic carbocycles. The van der Waals surface area contributed by atoms with Crippen molar-refractivity contribution in [1.82, 2.24) is 4.98 Å². The molecule has 0 bridgehead atoms. The second-order valence-electron chi connectivity index (χ2n) is 3.88. The van der Waals surface area contributed by atoms with Gasteiger partial charge in [0.15, 0.2) is 0 Å². The molecule has 2 nitrogen and oxygen atoms in total. The smallest absolute Gasteiger partial charge is 0.0452 e. The Balaban J connectivity index is 2.89. The first kappa shape index (κ1) is 10.2. The van der Waals surface area contributed by atoms with E-state index in [1.54, 1.807) is 0 Å². The van der Waals surface area contributed by atoms with Gasteiger partial charge in [0.1, 0.15) is 0 Å². The number of rotatable bonds is 3. The molecule has 0 radical (unpaired) electrons. The molecule has 0 aliphatic heterocycles. The highest BCUT2D eigenvalue weighted by Gasteiger charge is 2.20. The average molecular weight is 178 g/mol. The first-order valence-electron chi connectivity index (χ1n) is 4.79. The van der Waals surface area contributed by atoms with Crippen LogP contribution in [0.25, 0.3) is 0 Å². The lowest BCUT2D eigenvalue weighted by atomic mass is 9.86. The Bertz CT molecular complexity index is 234. The van der Waals surface area contributed by atoms with Crippen LogP contribution in [0.1, 0.15) is 32.4 Å². The van der Waals surface area contributed by atoms with Crippen molar-refractivity contribution in [2.45, 2.75) is 32.7 Å². The summed E-state index contributed by atoms with van der Waals surface area (Å²) in [5.74, 6) is 0.899. The van der Waals surface area contributed by atoms with Gasteiger partial charge in [-0.15, -0.1) is 0 Å². The van der Waals surface area contributed by atoms with Crippen LogP contribution in [0.3, 0.4) is 0 Å². The molecule has 0 amide bonds. The predicted octanol–water partition coefficient (Wildman–Crippen LogP) is 2.17. The van der Waals surface area contributed by atoms with Crippen LogP contribution in [0.15, 0.2) is 24.4 Å². The maximum Gasteiger partial charge on any atom is 0.0452 e. The van der Waals surface area contributed by atoms with Crippen LogP contribution in [0.5, 0.6) is 0 Å². The van der Waals surface area contributed by atoms with E-state index in [4.69, 9.17) is 5.73 Å². The van der Waals surface area contributed by atoms with E-state index < -0.39 is 0 Å². The summed E-state index contributed by atoms with van der Waals surface area (Å²) < 4.78 is 0. The molecule has 2 atom stereocenters. The van der Waals surface area contributed by atoms with Crippen molar-refractivity contribution in [2.75, 3.05) is 0 Å². The fraction of sp³-hybridized carbons (Fsp3) is 0.545. The zero-order valence-electron chi connectivity index (χ0n) is 8.57. The summed E-state index contributed by atoms with van der Waals surface area (Å²) in [5.41, 5.74) is 7.03. The SMILES string of the molecule is CC(C)C(c1ccccn1)C(C)N. The average Bonchev–Trinajstić information content (AvgIpc) is 2.04. The normalized spacial score (nSPS) is 15.8. The van der Waals surface area contributed by atoms with Crippen LogP contribution in [-0.4, -0.2) is 11.0 Å².